The Kier molecular flexibility index (Phi) is 5.78. The molecule has 0 aromatic heterocycles. The van der Waals surface area contributed by atoms with Crippen LogP contribution in [0.15, 0.2) is 18.2 Å². The van der Waals surface area contributed by atoms with Crippen LogP contribution in [0.4, 0.5) is 4.39 Å². The van der Waals surface area contributed by atoms with E-state index in [1.807, 2.05) is 19.9 Å². The molecule has 0 fully saturated rings. The number of carbonyl (C=O) groups excluding carboxylic acids is 1. The van der Waals surface area contributed by atoms with Gasteiger partial charge in [-0.1, -0.05) is 25.4 Å². The first-order valence-electron chi connectivity index (χ1n) is 6.07. The van der Waals surface area contributed by atoms with Gasteiger partial charge in [0.25, 0.3) is 5.91 Å². The highest BCUT2D eigenvalue weighted by molar-refractivity contribution is 6.31. The van der Waals surface area contributed by atoms with E-state index in [0.717, 1.165) is 0 Å². The molecule has 19 heavy (non-hydrogen) atoms. The third-order valence-corrected chi connectivity index (χ3v) is 2.82. The summed E-state index contributed by atoms with van der Waals surface area (Å²) >= 11 is 5.67. The second-order valence-corrected chi connectivity index (χ2v) is 5.09. The zero-order valence-electron chi connectivity index (χ0n) is 11.0. The van der Waals surface area contributed by atoms with Crippen LogP contribution < -0.4 is 0 Å². The molecular formula is C14H16ClFN2O. The summed E-state index contributed by atoms with van der Waals surface area (Å²) in [5.41, 5.74) is 0.338. The number of nitriles is 1. The predicted molar refractivity (Wildman–Crippen MR) is 72.4 cm³/mol. The van der Waals surface area contributed by atoms with Crippen LogP contribution >= 0.6 is 11.6 Å². The van der Waals surface area contributed by atoms with E-state index in [4.69, 9.17) is 16.9 Å². The number of carbonyl (C=O) groups is 1. The number of rotatable bonds is 5. The first-order valence-corrected chi connectivity index (χ1v) is 6.44. The molecule has 0 spiro atoms. The van der Waals surface area contributed by atoms with Gasteiger partial charge in [0.05, 0.1) is 17.5 Å². The summed E-state index contributed by atoms with van der Waals surface area (Å²) in [5.74, 6) is -0.491. The van der Waals surface area contributed by atoms with Crippen molar-refractivity contribution >= 4 is 17.5 Å². The van der Waals surface area contributed by atoms with E-state index in [-0.39, 0.29) is 17.4 Å². The molecule has 0 bridgehead atoms. The predicted octanol–water partition coefficient (Wildman–Crippen LogP) is 3.49. The molecule has 1 aromatic rings. The summed E-state index contributed by atoms with van der Waals surface area (Å²) in [6.45, 7) is 4.90. The van der Waals surface area contributed by atoms with Crippen LogP contribution in [0.5, 0.6) is 0 Å². The van der Waals surface area contributed by atoms with Crippen LogP contribution in [-0.2, 0) is 0 Å². The van der Waals surface area contributed by atoms with Gasteiger partial charge in [-0.15, -0.1) is 0 Å². The van der Waals surface area contributed by atoms with Crippen LogP contribution in [0.1, 0.15) is 30.6 Å². The number of hydrogen-bond acceptors (Lipinski definition) is 2. The Morgan fingerprint density at radius 3 is 2.74 bits per heavy atom. The standard InChI is InChI=1S/C14H16ClFN2O/c1-10(2)9-18(7-3-6-17)14(19)11-4-5-13(16)12(15)8-11/h4-5,8,10H,3,7,9H2,1-2H3. The summed E-state index contributed by atoms with van der Waals surface area (Å²) in [5, 5.41) is 8.55. The fourth-order valence-corrected chi connectivity index (χ4v) is 1.89. The second kappa shape index (κ2) is 7.10. The van der Waals surface area contributed by atoms with E-state index in [2.05, 4.69) is 0 Å². The number of halogens is 2. The average molecular weight is 283 g/mol. The molecule has 1 rings (SSSR count). The SMILES string of the molecule is CC(C)CN(CCC#N)C(=O)c1ccc(F)c(Cl)c1. The molecule has 0 saturated heterocycles. The van der Waals surface area contributed by atoms with Gasteiger partial charge in [0.15, 0.2) is 0 Å². The van der Waals surface area contributed by atoms with Gasteiger partial charge in [-0.25, -0.2) is 4.39 Å². The number of hydrogen-bond donors (Lipinski definition) is 0. The van der Waals surface area contributed by atoms with E-state index >= 15 is 0 Å². The zero-order valence-corrected chi connectivity index (χ0v) is 11.7. The molecule has 5 heteroatoms. The maximum Gasteiger partial charge on any atom is 0.253 e. The highest BCUT2D eigenvalue weighted by atomic mass is 35.5. The lowest BCUT2D eigenvalue weighted by molar-refractivity contribution is 0.0740. The minimum atomic E-state index is -0.550. The number of nitrogens with zero attached hydrogens (tertiary/aromatic N) is 2. The minimum absolute atomic E-state index is 0.0735. The molecule has 0 aliphatic carbocycles. The van der Waals surface area contributed by atoms with Gasteiger partial charge in [0, 0.05) is 18.7 Å². The van der Waals surface area contributed by atoms with Crippen LogP contribution in [0.2, 0.25) is 5.02 Å². The molecule has 0 aliphatic heterocycles. The first-order chi connectivity index (χ1) is 8.95. The van der Waals surface area contributed by atoms with E-state index < -0.39 is 5.82 Å². The highest BCUT2D eigenvalue weighted by Crippen LogP contribution is 2.18. The normalized spacial score (nSPS) is 10.3. The Hall–Kier alpha value is -1.60. The minimum Gasteiger partial charge on any atom is -0.337 e. The molecule has 0 N–H and O–H groups in total. The zero-order chi connectivity index (χ0) is 14.4. The van der Waals surface area contributed by atoms with Gasteiger partial charge in [-0.2, -0.15) is 5.26 Å². The lowest BCUT2D eigenvalue weighted by Gasteiger charge is -2.23. The molecule has 0 heterocycles. The third kappa shape index (κ3) is 4.53. The van der Waals surface area contributed by atoms with Crippen molar-refractivity contribution in [2.45, 2.75) is 20.3 Å². The Labute approximate surface area is 117 Å². The van der Waals surface area contributed by atoms with Crippen molar-refractivity contribution in [1.82, 2.24) is 4.90 Å². The fraction of sp³-hybridized carbons (Fsp3) is 0.429. The van der Waals surface area contributed by atoms with Gasteiger partial charge in [-0.3, -0.25) is 4.79 Å². The monoisotopic (exact) mass is 282 g/mol. The molecular weight excluding hydrogens is 267 g/mol. The smallest absolute Gasteiger partial charge is 0.253 e. The first kappa shape index (κ1) is 15.5. The number of benzene rings is 1. The Balaban J connectivity index is 2.91. The lowest BCUT2D eigenvalue weighted by atomic mass is 10.1. The van der Waals surface area contributed by atoms with Gasteiger partial charge in [0.1, 0.15) is 5.82 Å². The summed E-state index contributed by atoms with van der Waals surface area (Å²) in [7, 11) is 0. The van der Waals surface area contributed by atoms with Crippen LogP contribution in [0.25, 0.3) is 0 Å². The molecule has 3 nitrogen and oxygen atoms in total. The molecule has 0 atom stereocenters. The highest BCUT2D eigenvalue weighted by Gasteiger charge is 2.17. The lowest BCUT2D eigenvalue weighted by Crippen LogP contribution is -2.35. The van der Waals surface area contributed by atoms with Crippen molar-refractivity contribution in [3.63, 3.8) is 0 Å². The van der Waals surface area contributed by atoms with Gasteiger partial charge >= 0.3 is 0 Å². The molecule has 0 radical (unpaired) electrons. The van der Waals surface area contributed by atoms with E-state index in [1.165, 1.54) is 18.2 Å². The maximum absolute atomic E-state index is 13.1. The van der Waals surface area contributed by atoms with Crippen molar-refractivity contribution in [1.29, 1.82) is 5.26 Å². The summed E-state index contributed by atoms with van der Waals surface area (Å²) in [6.07, 6.45) is 0.271. The van der Waals surface area contributed by atoms with E-state index in [0.29, 0.717) is 24.6 Å². The van der Waals surface area contributed by atoms with Gasteiger partial charge in [-0.05, 0) is 24.1 Å². The Morgan fingerprint density at radius 1 is 1.53 bits per heavy atom. The van der Waals surface area contributed by atoms with Gasteiger partial charge in [0.2, 0.25) is 0 Å². The molecule has 0 aliphatic rings. The van der Waals surface area contributed by atoms with Crippen LogP contribution in [-0.4, -0.2) is 23.9 Å². The van der Waals surface area contributed by atoms with Crippen molar-refractivity contribution in [2.24, 2.45) is 5.92 Å². The van der Waals surface area contributed by atoms with Crippen molar-refractivity contribution in [2.75, 3.05) is 13.1 Å². The molecule has 0 saturated carbocycles. The molecule has 1 amide bonds. The largest absolute Gasteiger partial charge is 0.337 e. The van der Waals surface area contributed by atoms with E-state index in [1.54, 1.807) is 4.90 Å². The third-order valence-electron chi connectivity index (χ3n) is 2.53. The molecule has 0 unspecified atom stereocenters. The number of amides is 1. The van der Waals surface area contributed by atoms with Crippen LogP contribution in [0.3, 0.4) is 0 Å². The fourth-order valence-electron chi connectivity index (χ4n) is 1.71. The van der Waals surface area contributed by atoms with Crippen molar-refractivity contribution in [3.8, 4) is 6.07 Å². The average Bonchev–Trinajstić information content (AvgIpc) is 2.36. The van der Waals surface area contributed by atoms with Crippen molar-refractivity contribution in [3.05, 3.63) is 34.6 Å². The van der Waals surface area contributed by atoms with Crippen molar-refractivity contribution < 1.29 is 9.18 Å². The molecule has 102 valence electrons. The van der Waals surface area contributed by atoms with Gasteiger partial charge < -0.3 is 4.90 Å². The topological polar surface area (TPSA) is 44.1 Å². The van der Waals surface area contributed by atoms with Crippen LogP contribution in [0, 0.1) is 23.1 Å². The summed E-state index contributed by atoms with van der Waals surface area (Å²) in [4.78, 5) is 13.9. The molecule has 1 aromatic carbocycles. The summed E-state index contributed by atoms with van der Waals surface area (Å²) in [6, 6.07) is 5.92. The quantitative estimate of drug-likeness (QED) is 0.830. The second-order valence-electron chi connectivity index (χ2n) is 4.68. The Morgan fingerprint density at radius 2 is 2.21 bits per heavy atom. The maximum atomic E-state index is 13.1. The Bertz CT molecular complexity index is 497. The van der Waals surface area contributed by atoms with E-state index in [9.17, 15) is 9.18 Å². The summed E-state index contributed by atoms with van der Waals surface area (Å²) < 4.78 is 13.1.